The Morgan fingerprint density at radius 1 is 0.889 bits per heavy atom. The van der Waals surface area contributed by atoms with Gasteiger partial charge < -0.3 is 34.3 Å². The molecule has 3 N–H and O–H groups in total. The number of nitrogens with one attached hydrogen (secondary N) is 1. The van der Waals surface area contributed by atoms with E-state index in [-0.39, 0.29) is 5.91 Å². The van der Waals surface area contributed by atoms with Crippen LogP contribution >= 0.6 is 8.38 Å². The molecule has 242 valence electrons. The zero-order valence-corrected chi connectivity index (χ0v) is 27.2. The molecule has 1 aliphatic heterocycles. The molecule has 0 aromatic heterocycles. The van der Waals surface area contributed by atoms with Crippen molar-refractivity contribution in [1.29, 1.82) is 0 Å². The first-order valence-electron chi connectivity index (χ1n) is 15.2. The van der Waals surface area contributed by atoms with Crippen LogP contribution in [0.4, 0.5) is 4.79 Å². The molecule has 2 unspecified atom stereocenters. The number of hydrogen-bond acceptors (Lipinski definition) is 8. The van der Waals surface area contributed by atoms with E-state index in [0.29, 0.717) is 52.1 Å². The lowest BCUT2D eigenvalue weighted by Crippen LogP contribution is -2.46. The van der Waals surface area contributed by atoms with Crippen LogP contribution in [-0.2, 0) is 24.2 Å². The molecular weight excluding hydrogens is 593 g/mol. The highest BCUT2D eigenvalue weighted by atomic mass is 31.2. The van der Waals surface area contributed by atoms with Crippen molar-refractivity contribution >= 4 is 20.4 Å². The fraction of sp³-hybridized carbons (Fsp3) is 0.412. The molecular formula is C34H44N3O7P. The van der Waals surface area contributed by atoms with Crippen LogP contribution in [0.15, 0.2) is 78.9 Å². The minimum absolute atomic E-state index is 0.177. The van der Waals surface area contributed by atoms with Crippen LogP contribution in [0, 0.1) is 0 Å². The maximum Gasteiger partial charge on any atom is 0.415 e. The molecule has 3 aromatic rings. The van der Waals surface area contributed by atoms with Crippen molar-refractivity contribution < 1.29 is 32.8 Å². The summed E-state index contributed by atoms with van der Waals surface area (Å²) in [6.45, 7) is 3.74. The molecule has 2 atom stereocenters. The van der Waals surface area contributed by atoms with E-state index in [1.165, 1.54) is 4.90 Å². The summed E-state index contributed by atoms with van der Waals surface area (Å²) >= 11 is 0. The molecule has 0 aliphatic carbocycles. The van der Waals surface area contributed by atoms with Crippen molar-refractivity contribution in [2.24, 2.45) is 5.73 Å². The van der Waals surface area contributed by atoms with Crippen molar-refractivity contribution in [3.63, 3.8) is 0 Å². The van der Waals surface area contributed by atoms with E-state index in [1.54, 1.807) is 20.9 Å². The Kier molecular flexibility index (Phi) is 13.0. The Bertz CT molecular complexity index is 1290. The summed E-state index contributed by atoms with van der Waals surface area (Å²) in [4.78, 5) is 27.2. The highest BCUT2D eigenvalue weighted by Gasteiger charge is 2.38. The number of carbonyl (C=O) groups excluding carboxylic acids is 2. The minimum atomic E-state index is -1.39. The number of carbonyl (C=O) groups is 2. The second kappa shape index (κ2) is 17.1. The van der Waals surface area contributed by atoms with Gasteiger partial charge in [0.15, 0.2) is 0 Å². The predicted octanol–water partition coefficient (Wildman–Crippen LogP) is 5.43. The number of nitrogens with two attached hydrogens (primary N) is 1. The second-order valence-corrected chi connectivity index (χ2v) is 11.9. The SMILES string of the molecule is COc1ccc(C(OCCCCNC(=O)C2CCCN2C(=O)OP(C)OCCN)(c2ccccc2)c2ccc(OC)cc2)cc1. The van der Waals surface area contributed by atoms with Crippen molar-refractivity contribution in [3.8, 4) is 11.5 Å². The molecule has 2 amide bonds. The average Bonchev–Trinajstić information content (AvgIpc) is 3.58. The Morgan fingerprint density at radius 2 is 1.49 bits per heavy atom. The molecule has 1 saturated heterocycles. The van der Waals surface area contributed by atoms with Crippen molar-refractivity contribution in [2.45, 2.75) is 37.3 Å². The van der Waals surface area contributed by atoms with Gasteiger partial charge in [0.1, 0.15) is 23.1 Å². The predicted molar refractivity (Wildman–Crippen MR) is 175 cm³/mol. The number of ether oxygens (including phenoxy) is 3. The Hall–Kier alpha value is -3.69. The first-order valence-corrected chi connectivity index (χ1v) is 16.9. The molecule has 11 heteroatoms. The molecule has 0 spiro atoms. The molecule has 1 aliphatic rings. The van der Waals surface area contributed by atoms with E-state index in [9.17, 15) is 9.59 Å². The highest BCUT2D eigenvalue weighted by Crippen LogP contribution is 2.42. The lowest BCUT2D eigenvalue weighted by atomic mass is 9.80. The van der Waals surface area contributed by atoms with Gasteiger partial charge in [0, 0.05) is 32.9 Å². The summed E-state index contributed by atoms with van der Waals surface area (Å²) in [5.41, 5.74) is 7.48. The average molecular weight is 638 g/mol. The van der Waals surface area contributed by atoms with E-state index < -0.39 is 26.1 Å². The van der Waals surface area contributed by atoms with E-state index in [4.69, 9.17) is 29.0 Å². The number of unbranched alkanes of at least 4 members (excludes halogenated alkanes) is 1. The normalized spacial score (nSPS) is 15.4. The first kappa shape index (κ1) is 34.2. The molecule has 1 heterocycles. The Balaban J connectivity index is 1.41. The van der Waals surface area contributed by atoms with Gasteiger partial charge in [-0.2, -0.15) is 0 Å². The van der Waals surface area contributed by atoms with Crippen LogP contribution in [0.2, 0.25) is 0 Å². The number of amides is 2. The number of nitrogens with zero attached hydrogens (tertiary/aromatic N) is 1. The van der Waals surface area contributed by atoms with Gasteiger partial charge in [-0.05, 0) is 66.6 Å². The summed E-state index contributed by atoms with van der Waals surface area (Å²) in [7, 11) is 1.90. The van der Waals surface area contributed by atoms with Gasteiger partial charge in [-0.15, -0.1) is 0 Å². The Labute approximate surface area is 267 Å². The monoisotopic (exact) mass is 637 g/mol. The summed E-state index contributed by atoms with van der Waals surface area (Å²) in [5.74, 6) is 1.34. The lowest BCUT2D eigenvalue weighted by molar-refractivity contribution is -0.124. The van der Waals surface area contributed by atoms with Crippen LogP contribution in [0.5, 0.6) is 11.5 Å². The third kappa shape index (κ3) is 8.73. The van der Waals surface area contributed by atoms with Gasteiger partial charge in [-0.25, -0.2) is 4.79 Å². The molecule has 45 heavy (non-hydrogen) atoms. The van der Waals surface area contributed by atoms with Crippen LogP contribution in [0.3, 0.4) is 0 Å². The van der Waals surface area contributed by atoms with Gasteiger partial charge in [-0.1, -0.05) is 54.6 Å². The van der Waals surface area contributed by atoms with E-state index >= 15 is 0 Å². The van der Waals surface area contributed by atoms with E-state index in [0.717, 1.165) is 34.6 Å². The standard InChI is InChI=1S/C34H44N3O7P/c1-40-29-17-13-27(14-18-29)34(26-10-5-4-6-11-26,28-15-19-30(41-2)20-16-28)42-24-8-7-22-36-32(38)31-12-9-23-37(31)33(39)44-45(3)43-25-21-35/h4-6,10-11,13-20,31H,7-9,12,21-25,35H2,1-3H3,(H,36,38). The fourth-order valence-electron chi connectivity index (χ4n) is 5.48. The van der Waals surface area contributed by atoms with Crippen molar-refractivity contribution in [2.75, 3.05) is 53.7 Å². The summed E-state index contributed by atoms with van der Waals surface area (Å²) < 4.78 is 28.5. The third-order valence-electron chi connectivity index (χ3n) is 7.75. The number of benzene rings is 3. The zero-order valence-electron chi connectivity index (χ0n) is 26.3. The number of likely N-dealkylation sites (tertiary alicyclic amines) is 1. The number of hydrogen-bond donors (Lipinski definition) is 2. The van der Waals surface area contributed by atoms with Gasteiger partial charge in [0.25, 0.3) is 0 Å². The fourth-order valence-corrected chi connectivity index (χ4v) is 6.22. The smallest absolute Gasteiger partial charge is 0.415 e. The maximum absolute atomic E-state index is 13.0. The van der Waals surface area contributed by atoms with Crippen LogP contribution in [0.1, 0.15) is 42.4 Å². The van der Waals surface area contributed by atoms with Gasteiger partial charge in [0.2, 0.25) is 14.3 Å². The van der Waals surface area contributed by atoms with Gasteiger partial charge >= 0.3 is 6.09 Å². The number of methoxy groups -OCH3 is 2. The minimum Gasteiger partial charge on any atom is -0.497 e. The highest BCUT2D eigenvalue weighted by molar-refractivity contribution is 7.46. The van der Waals surface area contributed by atoms with Crippen LogP contribution in [0.25, 0.3) is 0 Å². The largest absolute Gasteiger partial charge is 0.497 e. The maximum atomic E-state index is 13.0. The molecule has 4 rings (SSSR count). The van der Waals surface area contributed by atoms with Crippen LogP contribution in [-0.4, -0.2) is 76.7 Å². The van der Waals surface area contributed by atoms with Crippen LogP contribution < -0.4 is 20.5 Å². The quantitative estimate of drug-likeness (QED) is 0.121. The third-order valence-corrected chi connectivity index (χ3v) is 8.71. The second-order valence-electron chi connectivity index (χ2n) is 10.6. The topological polar surface area (TPSA) is 122 Å². The van der Waals surface area contributed by atoms with E-state index in [1.807, 2.05) is 66.7 Å². The van der Waals surface area contributed by atoms with E-state index in [2.05, 4.69) is 17.4 Å². The lowest BCUT2D eigenvalue weighted by Gasteiger charge is -2.36. The number of rotatable bonds is 16. The van der Waals surface area contributed by atoms with Crippen molar-refractivity contribution in [1.82, 2.24) is 10.2 Å². The summed E-state index contributed by atoms with van der Waals surface area (Å²) in [6, 6.07) is 25.4. The van der Waals surface area contributed by atoms with Gasteiger partial charge in [0.05, 0.1) is 20.8 Å². The summed E-state index contributed by atoms with van der Waals surface area (Å²) in [6.07, 6.45) is 2.21. The van der Waals surface area contributed by atoms with Crippen molar-refractivity contribution in [3.05, 3.63) is 95.6 Å². The molecule has 3 aromatic carbocycles. The first-order chi connectivity index (χ1) is 21.9. The molecule has 0 saturated carbocycles. The Morgan fingerprint density at radius 3 is 2.07 bits per heavy atom. The molecule has 0 bridgehead atoms. The molecule has 0 radical (unpaired) electrons. The zero-order chi connectivity index (χ0) is 32.1. The molecule has 1 fully saturated rings. The molecule has 10 nitrogen and oxygen atoms in total. The summed E-state index contributed by atoms with van der Waals surface area (Å²) in [5, 5.41) is 3.00. The van der Waals surface area contributed by atoms with Gasteiger partial charge in [-0.3, -0.25) is 9.69 Å².